The zero-order valence-electron chi connectivity index (χ0n) is 13.9. The lowest BCUT2D eigenvalue weighted by Crippen LogP contribution is -2.24. The van der Waals surface area contributed by atoms with Crippen LogP contribution in [0.3, 0.4) is 0 Å². The fourth-order valence-electron chi connectivity index (χ4n) is 3.01. The number of aromatic nitrogens is 2. The number of hydrogen-bond acceptors (Lipinski definition) is 5. The second kappa shape index (κ2) is 6.66. The van der Waals surface area contributed by atoms with Crippen molar-refractivity contribution in [2.45, 2.75) is 33.3 Å². The van der Waals surface area contributed by atoms with Crippen LogP contribution < -0.4 is 4.74 Å². The van der Waals surface area contributed by atoms with Crippen LogP contribution in [0.2, 0.25) is 0 Å². The van der Waals surface area contributed by atoms with Gasteiger partial charge >= 0.3 is 5.97 Å². The number of pyridine rings is 2. The smallest absolute Gasteiger partial charge is 0.344 e. The van der Waals surface area contributed by atoms with Crippen LogP contribution in [0.4, 0.5) is 0 Å². The highest BCUT2D eigenvalue weighted by molar-refractivity contribution is 14.1. The maximum Gasteiger partial charge on any atom is 0.344 e. The van der Waals surface area contributed by atoms with Crippen LogP contribution in [0.1, 0.15) is 48.5 Å². The molecule has 0 saturated carbocycles. The Morgan fingerprint density at radius 1 is 1.33 bits per heavy atom. The van der Waals surface area contributed by atoms with Crippen molar-refractivity contribution < 1.29 is 14.3 Å². The summed E-state index contributed by atoms with van der Waals surface area (Å²) < 4.78 is 12.1. The third-order valence-electron chi connectivity index (χ3n) is 4.10. The molecule has 5 nitrogen and oxygen atoms in total. The summed E-state index contributed by atoms with van der Waals surface area (Å²) in [5.41, 5.74) is 2.33. The van der Waals surface area contributed by atoms with Gasteiger partial charge in [0.15, 0.2) is 0 Å². The average Bonchev–Trinajstić information content (AvgIpc) is 2.78. The highest BCUT2D eigenvalue weighted by atomic mass is 127. The predicted octanol–water partition coefficient (Wildman–Crippen LogP) is 3.96. The Bertz CT molecular complexity index is 777. The van der Waals surface area contributed by atoms with Crippen molar-refractivity contribution in [1.29, 1.82) is 0 Å². The molecule has 24 heavy (non-hydrogen) atoms. The molecule has 0 spiro atoms. The highest BCUT2D eigenvalue weighted by Crippen LogP contribution is 2.46. The molecule has 0 N–H and O–H groups in total. The van der Waals surface area contributed by atoms with Crippen molar-refractivity contribution in [2.75, 3.05) is 6.61 Å². The number of halogens is 1. The first-order valence-electron chi connectivity index (χ1n) is 7.86. The van der Waals surface area contributed by atoms with Crippen molar-refractivity contribution in [2.24, 2.45) is 5.41 Å². The molecule has 2 aromatic heterocycles. The van der Waals surface area contributed by atoms with E-state index in [-0.39, 0.29) is 11.5 Å². The van der Waals surface area contributed by atoms with Crippen LogP contribution in [0.15, 0.2) is 30.6 Å². The van der Waals surface area contributed by atoms with Gasteiger partial charge in [0.2, 0.25) is 5.88 Å². The van der Waals surface area contributed by atoms with Crippen LogP contribution in [0, 0.1) is 8.99 Å². The summed E-state index contributed by atoms with van der Waals surface area (Å²) in [7, 11) is 0. The van der Waals surface area contributed by atoms with Crippen molar-refractivity contribution in [3.8, 4) is 5.88 Å². The quantitative estimate of drug-likeness (QED) is 0.534. The molecule has 0 amide bonds. The van der Waals surface area contributed by atoms with Gasteiger partial charge in [-0.25, -0.2) is 9.78 Å². The van der Waals surface area contributed by atoms with Crippen LogP contribution in [-0.4, -0.2) is 22.5 Å². The van der Waals surface area contributed by atoms with E-state index in [1.165, 1.54) is 5.56 Å². The topological polar surface area (TPSA) is 61.3 Å². The van der Waals surface area contributed by atoms with Crippen LogP contribution in [0.25, 0.3) is 0 Å². The highest BCUT2D eigenvalue weighted by Gasteiger charge is 2.42. The molecule has 0 aliphatic heterocycles. The van der Waals surface area contributed by atoms with E-state index in [1.807, 2.05) is 6.07 Å². The zero-order valence-corrected chi connectivity index (χ0v) is 16.0. The first kappa shape index (κ1) is 17.1. The Morgan fingerprint density at radius 3 is 2.88 bits per heavy atom. The second-order valence-corrected chi connectivity index (χ2v) is 7.57. The summed E-state index contributed by atoms with van der Waals surface area (Å²) in [6.45, 7) is 6.36. The van der Waals surface area contributed by atoms with Gasteiger partial charge in [-0.05, 0) is 53.6 Å². The molecule has 126 valence electrons. The Hall–Kier alpha value is -1.70. The van der Waals surface area contributed by atoms with Gasteiger partial charge in [0, 0.05) is 21.4 Å². The van der Waals surface area contributed by atoms with E-state index >= 15 is 0 Å². The molecule has 0 radical (unpaired) electrons. The number of nitrogens with zero attached hydrogens (tertiary/aromatic N) is 2. The first-order chi connectivity index (χ1) is 11.4. The summed E-state index contributed by atoms with van der Waals surface area (Å²) in [4.78, 5) is 21.1. The first-order valence-corrected chi connectivity index (χ1v) is 8.94. The normalized spacial score (nSPS) is 18.1. The Morgan fingerprint density at radius 2 is 2.12 bits per heavy atom. The molecule has 0 aromatic carbocycles. The van der Waals surface area contributed by atoms with Gasteiger partial charge < -0.3 is 9.47 Å². The van der Waals surface area contributed by atoms with Crippen molar-refractivity contribution in [3.63, 3.8) is 0 Å². The maximum absolute atomic E-state index is 12.3. The SMILES string of the molecule is CCOC(=O)c1c(I)ccnc1OC1c2ncccc2CC1(C)C. The third kappa shape index (κ3) is 3.11. The van der Waals surface area contributed by atoms with Gasteiger partial charge in [-0.15, -0.1) is 0 Å². The van der Waals surface area contributed by atoms with Gasteiger partial charge in [0.05, 0.1) is 12.3 Å². The monoisotopic (exact) mass is 438 g/mol. The fourth-order valence-corrected chi connectivity index (χ4v) is 3.63. The van der Waals surface area contributed by atoms with E-state index < -0.39 is 5.97 Å². The van der Waals surface area contributed by atoms with Gasteiger partial charge in [-0.1, -0.05) is 19.9 Å². The van der Waals surface area contributed by atoms with Crippen LogP contribution in [-0.2, 0) is 11.2 Å². The Balaban J connectivity index is 2.00. The molecule has 3 rings (SSSR count). The number of hydrogen-bond donors (Lipinski definition) is 0. The Kier molecular flexibility index (Phi) is 4.76. The van der Waals surface area contributed by atoms with Crippen LogP contribution >= 0.6 is 22.6 Å². The summed E-state index contributed by atoms with van der Waals surface area (Å²) in [6.07, 6.45) is 4.03. The molecule has 1 aliphatic rings. The van der Waals surface area contributed by atoms with Gasteiger partial charge in [0.1, 0.15) is 11.7 Å². The molecule has 1 aliphatic carbocycles. The van der Waals surface area contributed by atoms with Gasteiger partial charge in [0.25, 0.3) is 0 Å². The predicted molar refractivity (Wildman–Crippen MR) is 98.0 cm³/mol. The van der Waals surface area contributed by atoms with E-state index in [1.54, 1.807) is 25.4 Å². The molecule has 2 aromatic rings. The fraction of sp³-hybridized carbons (Fsp3) is 0.389. The summed E-state index contributed by atoms with van der Waals surface area (Å²) in [5.74, 6) is -0.112. The number of esters is 1. The standard InChI is InChI=1S/C18H19IN2O3/c1-4-23-17(22)13-12(19)7-9-21-16(13)24-15-14-11(6-5-8-20-14)10-18(15,2)3/h5-9,15H,4,10H2,1-3H3. The zero-order chi connectivity index (χ0) is 17.3. The van der Waals surface area contributed by atoms with Crippen LogP contribution in [0.5, 0.6) is 5.88 Å². The second-order valence-electron chi connectivity index (χ2n) is 6.40. The summed E-state index contributed by atoms with van der Waals surface area (Å²) >= 11 is 2.10. The summed E-state index contributed by atoms with van der Waals surface area (Å²) in [6, 6.07) is 5.78. The minimum Gasteiger partial charge on any atom is -0.467 e. The van der Waals surface area contributed by atoms with Crippen molar-refractivity contribution in [1.82, 2.24) is 9.97 Å². The third-order valence-corrected chi connectivity index (χ3v) is 5.00. The molecular formula is C18H19IN2O3. The Labute approximate surface area is 154 Å². The molecule has 1 atom stereocenters. The largest absolute Gasteiger partial charge is 0.467 e. The average molecular weight is 438 g/mol. The molecule has 6 heteroatoms. The number of carbonyl (C=O) groups excluding carboxylic acids is 1. The molecule has 2 heterocycles. The minimum atomic E-state index is -0.415. The summed E-state index contributed by atoms with van der Waals surface area (Å²) in [5, 5.41) is 0. The lowest BCUT2D eigenvalue weighted by Gasteiger charge is -2.27. The van der Waals surface area contributed by atoms with E-state index in [4.69, 9.17) is 9.47 Å². The van der Waals surface area contributed by atoms with Crippen molar-refractivity contribution >= 4 is 28.6 Å². The molecule has 0 bridgehead atoms. The van der Waals surface area contributed by atoms with E-state index in [0.29, 0.717) is 18.1 Å². The molecule has 1 unspecified atom stereocenters. The molecule has 0 saturated heterocycles. The maximum atomic E-state index is 12.3. The van der Waals surface area contributed by atoms with E-state index in [0.717, 1.165) is 15.7 Å². The molecular weight excluding hydrogens is 419 g/mol. The lowest BCUT2D eigenvalue weighted by atomic mass is 9.88. The minimum absolute atomic E-state index is 0.133. The number of rotatable bonds is 4. The van der Waals surface area contributed by atoms with Gasteiger partial charge in [-0.2, -0.15) is 0 Å². The van der Waals surface area contributed by atoms with E-state index in [9.17, 15) is 4.79 Å². The van der Waals surface area contributed by atoms with Gasteiger partial charge in [-0.3, -0.25) is 4.98 Å². The number of fused-ring (bicyclic) bond motifs is 1. The van der Waals surface area contributed by atoms with Crippen molar-refractivity contribution in [3.05, 3.63) is 51.0 Å². The molecule has 0 fully saturated rings. The lowest BCUT2D eigenvalue weighted by molar-refractivity contribution is 0.0493. The van der Waals surface area contributed by atoms with E-state index in [2.05, 4.69) is 52.5 Å². The number of ether oxygens (including phenoxy) is 2. The number of carbonyl (C=O) groups is 1.